The Labute approximate surface area is 225 Å². The van der Waals surface area contributed by atoms with Crippen LogP contribution in [0.25, 0.3) is 33.6 Å². The second-order valence-electron chi connectivity index (χ2n) is 9.71. The molecule has 8 nitrogen and oxygen atoms in total. The van der Waals surface area contributed by atoms with E-state index in [4.69, 9.17) is 10.2 Å². The number of piperidine rings is 1. The molecule has 2 fully saturated rings. The van der Waals surface area contributed by atoms with Gasteiger partial charge in [-0.1, -0.05) is 12.1 Å². The summed E-state index contributed by atoms with van der Waals surface area (Å²) in [5.74, 6) is 0.719. The van der Waals surface area contributed by atoms with Crippen LogP contribution in [0.5, 0.6) is 0 Å². The number of carbonyl (C=O) groups is 1. The number of primary amides is 1. The first-order valence-electron chi connectivity index (χ1n) is 12.6. The molecule has 0 unspecified atom stereocenters. The van der Waals surface area contributed by atoms with Crippen molar-refractivity contribution < 1.29 is 18.7 Å². The third kappa shape index (κ3) is 4.68. The highest BCUT2D eigenvalue weighted by Gasteiger charge is 2.30. The zero-order chi connectivity index (χ0) is 25.5. The quantitative estimate of drug-likeness (QED) is 0.385. The maximum atomic E-state index is 13.8. The van der Waals surface area contributed by atoms with Crippen LogP contribution in [0, 0.1) is 5.82 Å². The molecule has 0 aliphatic carbocycles. The Hall–Kier alpha value is -3.69. The van der Waals surface area contributed by atoms with Crippen LogP contribution >= 0.6 is 12.4 Å². The van der Waals surface area contributed by atoms with Crippen molar-refractivity contribution in [2.45, 2.75) is 37.8 Å². The van der Waals surface area contributed by atoms with Crippen molar-refractivity contribution in [2.75, 3.05) is 29.4 Å². The molecule has 2 aliphatic rings. The summed E-state index contributed by atoms with van der Waals surface area (Å²) in [6.07, 6.45) is 4.17. The van der Waals surface area contributed by atoms with E-state index in [0.717, 1.165) is 53.0 Å². The van der Waals surface area contributed by atoms with E-state index < -0.39 is 0 Å². The first kappa shape index (κ1) is 25.9. The highest BCUT2D eigenvalue weighted by molar-refractivity contribution is 6.06. The molecule has 0 bridgehead atoms. The summed E-state index contributed by atoms with van der Waals surface area (Å²) < 4.78 is 20.2. The van der Waals surface area contributed by atoms with Crippen LogP contribution < -0.4 is 15.5 Å². The molecule has 0 radical (unpaired) electrons. The minimum absolute atomic E-state index is 0. The predicted octanol–water partition coefficient (Wildman–Crippen LogP) is 4.53. The van der Waals surface area contributed by atoms with Crippen LogP contribution in [-0.4, -0.2) is 52.8 Å². The Morgan fingerprint density at radius 3 is 2.34 bits per heavy atom. The molecule has 0 spiro atoms. The number of amides is 1. The van der Waals surface area contributed by atoms with Gasteiger partial charge in [-0.05, 0) is 67.6 Å². The van der Waals surface area contributed by atoms with Gasteiger partial charge in [0.1, 0.15) is 29.8 Å². The van der Waals surface area contributed by atoms with Crippen molar-refractivity contribution >= 4 is 40.9 Å². The molecular weight excluding hydrogens is 509 g/mol. The van der Waals surface area contributed by atoms with Gasteiger partial charge in [0, 0.05) is 36.4 Å². The zero-order valence-electron chi connectivity index (χ0n) is 20.7. The van der Waals surface area contributed by atoms with E-state index in [-0.39, 0.29) is 36.3 Å². The molecule has 10 heteroatoms. The summed E-state index contributed by atoms with van der Waals surface area (Å²) in [5.41, 5.74) is 9.40. The second kappa shape index (κ2) is 10.6. The fraction of sp³-hybridized carbons (Fsp3) is 0.321. The minimum atomic E-state index is -0.321. The molecule has 198 valence electrons. The maximum Gasteiger partial charge on any atom is 0.240 e. The average molecular weight is 538 g/mol. The largest absolute Gasteiger partial charge is 0.437 e. The topological polar surface area (TPSA) is 109 Å². The molecule has 3 N–H and O–H groups in total. The molecule has 2 saturated heterocycles. The number of nitrogens with zero attached hydrogens (tertiary/aromatic N) is 4. The number of hydrogen-bond donors (Lipinski definition) is 2. The van der Waals surface area contributed by atoms with E-state index in [0.29, 0.717) is 37.4 Å². The first-order chi connectivity index (χ1) is 18.0. The van der Waals surface area contributed by atoms with Crippen molar-refractivity contribution in [1.29, 1.82) is 0 Å². The number of furan rings is 1. The summed E-state index contributed by atoms with van der Waals surface area (Å²) in [6, 6.07) is 13.9. The Kier molecular flexibility index (Phi) is 7.23. The Morgan fingerprint density at radius 2 is 1.66 bits per heavy atom. The molecule has 2 aromatic heterocycles. The number of aliphatic hydroxyl groups excluding tert-OH is 1. The molecule has 4 heterocycles. The lowest BCUT2D eigenvalue weighted by atomic mass is 9.98. The molecule has 38 heavy (non-hydrogen) atoms. The van der Waals surface area contributed by atoms with Crippen molar-refractivity contribution in [1.82, 2.24) is 9.97 Å². The number of aromatic nitrogens is 2. The number of halogens is 2. The smallest absolute Gasteiger partial charge is 0.240 e. The van der Waals surface area contributed by atoms with Crippen molar-refractivity contribution in [3.05, 3.63) is 60.7 Å². The molecule has 2 aromatic carbocycles. The lowest BCUT2D eigenvalue weighted by Crippen LogP contribution is -2.40. The molecule has 1 atom stereocenters. The van der Waals surface area contributed by atoms with E-state index in [2.05, 4.69) is 14.9 Å². The van der Waals surface area contributed by atoms with Gasteiger partial charge in [0.05, 0.1) is 11.5 Å². The van der Waals surface area contributed by atoms with E-state index in [9.17, 15) is 14.3 Å². The van der Waals surface area contributed by atoms with Gasteiger partial charge in [0.25, 0.3) is 0 Å². The van der Waals surface area contributed by atoms with Crippen LogP contribution in [0.1, 0.15) is 25.7 Å². The van der Waals surface area contributed by atoms with E-state index in [1.54, 1.807) is 12.1 Å². The molecule has 4 aromatic rings. The van der Waals surface area contributed by atoms with Crippen molar-refractivity contribution in [2.24, 2.45) is 5.73 Å². The molecular formula is C28H29ClFN5O3. The molecule has 6 rings (SSSR count). The van der Waals surface area contributed by atoms with Crippen LogP contribution in [0.3, 0.4) is 0 Å². The van der Waals surface area contributed by atoms with Gasteiger partial charge in [0.2, 0.25) is 11.6 Å². The monoisotopic (exact) mass is 537 g/mol. The van der Waals surface area contributed by atoms with Crippen LogP contribution in [0.2, 0.25) is 0 Å². The average Bonchev–Trinajstić information content (AvgIpc) is 3.56. The molecule has 0 saturated carbocycles. The van der Waals surface area contributed by atoms with Gasteiger partial charge in [0.15, 0.2) is 0 Å². The summed E-state index contributed by atoms with van der Waals surface area (Å²) in [7, 11) is 0. The highest BCUT2D eigenvalue weighted by Crippen LogP contribution is 2.44. The van der Waals surface area contributed by atoms with Gasteiger partial charge in [-0.3, -0.25) is 4.79 Å². The predicted molar refractivity (Wildman–Crippen MR) is 147 cm³/mol. The van der Waals surface area contributed by atoms with Crippen LogP contribution in [0.4, 0.5) is 15.9 Å². The van der Waals surface area contributed by atoms with E-state index in [1.165, 1.54) is 18.5 Å². The van der Waals surface area contributed by atoms with Gasteiger partial charge in [-0.2, -0.15) is 0 Å². The lowest BCUT2D eigenvalue weighted by molar-refractivity contribution is -0.119. The van der Waals surface area contributed by atoms with Crippen LogP contribution in [-0.2, 0) is 4.79 Å². The standard InChI is InChI=1S/C28H28FN5O3.ClH/c29-19-7-3-17(4-8-19)23-24-27(33-14-11-21(35)12-15-33)31-16-32-28(24)37-25(23)18-5-9-20(10-6-18)34-13-1-2-22(34)26(30)36;/h3-10,16,21-22,35H,1-2,11-15H2,(H2,30,36);1H/t22-;/m0./s1. The Morgan fingerprint density at radius 1 is 0.974 bits per heavy atom. The maximum absolute atomic E-state index is 13.8. The number of benzene rings is 2. The Bertz CT molecular complexity index is 1440. The van der Waals surface area contributed by atoms with Crippen molar-refractivity contribution in [3.8, 4) is 22.5 Å². The Balaban J connectivity index is 0.00000294. The SMILES string of the molecule is Cl.NC(=O)[C@@H]1CCCN1c1ccc(-c2oc3ncnc(N4CCC(O)CC4)c3c2-c2ccc(F)cc2)cc1. The van der Waals surface area contributed by atoms with Gasteiger partial charge in [-0.25, -0.2) is 14.4 Å². The number of anilines is 2. The number of nitrogens with two attached hydrogens (primary N) is 1. The summed E-state index contributed by atoms with van der Waals surface area (Å²) in [5, 5.41) is 10.8. The van der Waals surface area contributed by atoms with E-state index in [1.807, 2.05) is 29.2 Å². The fourth-order valence-corrected chi connectivity index (χ4v) is 5.51. The summed E-state index contributed by atoms with van der Waals surface area (Å²) >= 11 is 0. The fourth-order valence-electron chi connectivity index (χ4n) is 5.51. The third-order valence-corrected chi connectivity index (χ3v) is 7.41. The first-order valence-corrected chi connectivity index (χ1v) is 12.6. The second-order valence-corrected chi connectivity index (χ2v) is 9.71. The highest BCUT2D eigenvalue weighted by atomic mass is 35.5. The number of carbonyl (C=O) groups excluding carboxylic acids is 1. The number of aliphatic hydroxyl groups is 1. The van der Waals surface area contributed by atoms with Gasteiger partial charge in [-0.15, -0.1) is 12.4 Å². The molecule has 1 amide bonds. The zero-order valence-corrected chi connectivity index (χ0v) is 21.5. The van der Waals surface area contributed by atoms with Crippen molar-refractivity contribution in [3.63, 3.8) is 0 Å². The lowest BCUT2D eigenvalue weighted by Gasteiger charge is -2.30. The summed E-state index contributed by atoms with van der Waals surface area (Å²) in [4.78, 5) is 25.1. The summed E-state index contributed by atoms with van der Waals surface area (Å²) in [6.45, 7) is 2.12. The third-order valence-electron chi connectivity index (χ3n) is 7.41. The normalized spacial score (nSPS) is 18.1. The number of rotatable bonds is 5. The van der Waals surface area contributed by atoms with Crippen LogP contribution in [0.15, 0.2) is 59.3 Å². The number of hydrogen-bond acceptors (Lipinski definition) is 7. The molecule has 2 aliphatic heterocycles. The van der Waals surface area contributed by atoms with Gasteiger partial charge >= 0.3 is 0 Å². The number of fused-ring (bicyclic) bond motifs is 1. The van der Waals surface area contributed by atoms with E-state index >= 15 is 0 Å². The van der Waals surface area contributed by atoms with Gasteiger partial charge < -0.3 is 25.1 Å². The minimum Gasteiger partial charge on any atom is -0.437 e.